The minimum atomic E-state index is -2.95. The second kappa shape index (κ2) is 9.17. The first-order chi connectivity index (χ1) is 13.8. The van der Waals surface area contributed by atoms with Gasteiger partial charge < -0.3 is 15.0 Å². The number of hydrogen-bond donors (Lipinski definition) is 1. The number of nitrogens with zero attached hydrogens (tertiary/aromatic N) is 4. The normalized spacial score (nSPS) is 16.6. The summed E-state index contributed by atoms with van der Waals surface area (Å²) in [5.74, 6) is 0.294. The lowest BCUT2D eigenvalue weighted by molar-refractivity contribution is -0.0498. The SMILES string of the molecule is CN(C)CCn1nc2n(c1=O)CCC(NC(=O)c1cccc(OC(F)F)c1)CC2. The Labute approximate surface area is 167 Å². The third-order valence-corrected chi connectivity index (χ3v) is 4.83. The first-order valence-electron chi connectivity index (χ1n) is 9.50. The van der Waals surface area contributed by atoms with Crippen molar-refractivity contribution in [3.63, 3.8) is 0 Å². The number of rotatable bonds is 7. The van der Waals surface area contributed by atoms with Gasteiger partial charge in [0.1, 0.15) is 11.6 Å². The lowest BCUT2D eigenvalue weighted by Crippen LogP contribution is -2.36. The van der Waals surface area contributed by atoms with E-state index in [1.54, 1.807) is 10.6 Å². The van der Waals surface area contributed by atoms with E-state index in [0.717, 1.165) is 12.4 Å². The third-order valence-electron chi connectivity index (χ3n) is 4.83. The number of likely N-dealkylation sites (N-methyl/N-ethyl adjacent to an activating group) is 1. The van der Waals surface area contributed by atoms with E-state index in [1.165, 1.54) is 22.9 Å². The fraction of sp³-hybridized carbons (Fsp3) is 0.526. The summed E-state index contributed by atoms with van der Waals surface area (Å²) >= 11 is 0. The standard InChI is InChI=1S/C19H25F2N5O3/c1-24(2)10-11-26-19(28)25-9-8-14(6-7-16(25)23-26)22-17(27)13-4-3-5-15(12-13)29-18(20)21/h3-5,12,14,18H,6-11H2,1-2H3,(H,22,27). The molecule has 1 N–H and O–H groups in total. The molecule has 1 aromatic heterocycles. The Bertz CT molecular complexity index is 909. The highest BCUT2D eigenvalue weighted by atomic mass is 19.3. The Balaban J connectivity index is 1.61. The minimum Gasteiger partial charge on any atom is -0.435 e. The van der Waals surface area contributed by atoms with E-state index in [-0.39, 0.29) is 29.0 Å². The number of benzene rings is 1. The summed E-state index contributed by atoms with van der Waals surface area (Å²) in [5, 5.41) is 7.35. The number of amides is 1. The van der Waals surface area contributed by atoms with Crippen LogP contribution in [0.3, 0.4) is 0 Å². The van der Waals surface area contributed by atoms with Crippen LogP contribution >= 0.6 is 0 Å². The number of carbonyl (C=O) groups is 1. The van der Waals surface area contributed by atoms with Crippen LogP contribution in [0.2, 0.25) is 0 Å². The molecule has 158 valence electrons. The highest BCUT2D eigenvalue weighted by Gasteiger charge is 2.22. The molecule has 0 saturated carbocycles. The van der Waals surface area contributed by atoms with Crippen molar-refractivity contribution in [2.45, 2.75) is 45.0 Å². The predicted octanol–water partition coefficient (Wildman–Crippen LogP) is 1.34. The molecule has 0 spiro atoms. The lowest BCUT2D eigenvalue weighted by atomic mass is 10.1. The summed E-state index contributed by atoms with van der Waals surface area (Å²) in [6, 6.07) is 5.55. The Hall–Kier alpha value is -2.75. The maximum atomic E-state index is 12.5. The first-order valence-corrected chi connectivity index (χ1v) is 9.50. The molecule has 2 aromatic rings. The summed E-state index contributed by atoms with van der Waals surface area (Å²) in [4.78, 5) is 27.0. The van der Waals surface area contributed by atoms with Crippen LogP contribution in [0.4, 0.5) is 8.78 Å². The van der Waals surface area contributed by atoms with E-state index in [2.05, 4.69) is 15.2 Å². The number of aryl methyl sites for hydroxylation is 1. The monoisotopic (exact) mass is 409 g/mol. The summed E-state index contributed by atoms with van der Waals surface area (Å²) in [6.07, 6.45) is 1.80. The van der Waals surface area contributed by atoms with Gasteiger partial charge in [0.15, 0.2) is 0 Å². The molecule has 8 nitrogen and oxygen atoms in total. The molecule has 0 bridgehead atoms. The molecule has 1 aromatic carbocycles. The number of nitrogens with one attached hydrogen (secondary N) is 1. The Morgan fingerprint density at radius 1 is 1.38 bits per heavy atom. The molecule has 1 amide bonds. The molecule has 2 heterocycles. The maximum Gasteiger partial charge on any atom is 0.387 e. The fourth-order valence-corrected chi connectivity index (χ4v) is 3.30. The van der Waals surface area contributed by atoms with E-state index < -0.39 is 6.61 Å². The predicted molar refractivity (Wildman–Crippen MR) is 102 cm³/mol. The number of carbonyl (C=O) groups excluding carboxylic acids is 1. The number of aromatic nitrogens is 3. The number of alkyl halides is 2. The molecule has 1 aliphatic rings. The van der Waals surface area contributed by atoms with Crippen LogP contribution in [0.15, 0.2) is 29.1 Å². The van der Waals surface area contributed by atoms with Gasteiger partial charge in [-0.25, -0.2) is 9.48 Å². The Kier molecular flexibility index (Phi) is 6.63. The molecule has 0 aliphatic carbocycles. The van der Waals surface area contributed by atoms with Gasteiger partial charge in [-0.1, -0.05) is 6.07 Å². The van der Waals surface area contributed by atoms with Gasteiger partial charge in [0.2, 0.25) is 0 Å². The molecule has 10 heteroatoms. The van der Waals surface area contributed by atoms with Gasteiger partial charge in [-0.15, -0.1) is 0 Å². The zero-order valence-corrected chi connectivity index (χ0v) is 16.5. The van der Waals surface area contributed by atoms with Gasteiger partial charge in [0, 0.05) is 31.1 Å². The number of hydrogen-bond acceptors (Lipinski definition) is 5. The van der Waals surface area contributed by atoms with Crippen molar-refractivity contribution < 1.29 is 18.3 Å². The fourth-order valence-electron chi connectivity index (χ4n) is 3.30. The highest BCUT2D eigenvalue weighted by molar-refractivity contribution is 5.94. The first kappa shape index (κ1) is 21.0. The largest absolute Gasteiger partial charge is 0.435 e. The quantitative estimate of drug-likeness (QED) is 0.747. The van der Waals surface area contributed by atoms with Crippen LogP contribution in [0.1, 0.15) is 29.0 Å². The second-order valence-electron chi connectivity index (χ2n) is 7.28. The van der Waals surface area contributed by atoms with Gasteiger partial charge >= 0.3 is 12.3 Å². The molecule has 0 radical (unpaired) electrons. The summed E-state index contributed by atoms with van der Waals surface area (Å²) < 4.78 is 32.2. The van der Waals surface area contributed by atoms with Gasteiger partial charge in [0.25, 0.3) is 5.91 Å². The van der Waals surface area contributed by atoms with Gasteiger partial charge in [-0.3, -0.25) is 9.36 Å². The van der Waals surface area contributed by atoms with Crippen LogP contribution in [-0.2, 0) is 19.5 Å². The van der Waals surface area contributed by atoms with Crippen LogP contribution in [0, 0.1) is 0 Å². The molecular weight excluding hydrogens is 384 g/mol. The van der Waals surface area contributed by atoms with E-state index >= 15 is 0 Å². The van der Waals surface area contributed by atoms with Crippen LogP contribution < -0.4 is 15.7 Å². The molecule has 1 atom stereocenters. The van der Waals surface area contributed by atoms with E-state index in [0.29, 0.717) is 32.4 Å². The third kappa shape index (κ3) is 5.41. The van der Waals surface area contributed by atoms with Crippen molar-refractivity contribution in [1.29, 1.82) is 0 Å². The van der Waals surface area contributed by atoms with Crippen molar-refractivity contribution in [1.82, 2.24) is 24.6 Å². The summed E-state index contributed by atoms with van der Waals surface area (Å²) in [5.41, 5.74) is 0.113. The molecule has 1 unspecified atom stereocenters. The average molecular weight is 409 g/mol. The second-order valence-corrected chi connectivity index (χ2v) is 7.28. The summed E-state index contributed by atoms with van der Waals surface area (Å²) in [7, 11) is 3.88. The zero-order valence-electron chi connectivity index (χ0n) is 16.5. The van der Waals surface area contributed by atoms with Crippen molar-refractivity contribution in [3.05, 3.63) is 46.1 Å². The van der Waals surface area contributed by atoms with Crippen LogP contribution in [0.25, 0.3) is 0 Å². The Morgan fingerprint density at radius 3 is 2.90 bits per heavy atom. The average Bonchev–Trinajstić information content (AvgIpc) is 2.82. The number of fused-ring (bicyclic) bond motifs is 1. The molecule has 0 fully saturated rings. The van der Waals surface area contributed by atoms with Crippen LogP contribution in [-0.4, -0.2) is 58.4 Å². The van der Waals surface area contributed by atoms with Gasteiger partial charge in [-0.05, 0) is 45.1 Å². The molecule has 3 rings (SSSR count). The number of halogens is 2. The van der Waals surface area contributed by atoms with E-state index in [9.17, 15) is 18.4 Å². The Morgan fingerprint density at radius 2 is 2.17 bits per heavy atom. The van der Waals surface area contributed by atoms with Gasteiger partial charge in [-0.2, -0.15) is 13.9 Å². The van der Waals surface area contributed by atoms with Gasteiger partial charge in [0.05, 0.1) is 6.54 Å². The number of ether oxygens (including phenoxy) is 1. The molecular formula is C19H25F2N5O3. The molecule has 1 aliphatic heterocycles. The van der Waals surface area contributed by atoms with Crippen molar-refractivity contribution in [2.75, 3.05) is 20.6 Å². The van der Waals surface area contributed by atoms with Crippen molar-refractivity contribution in [2.24, 2.45) is 0 Å². The minimum absolute atomic E-state index is 0.0630. The molecule has 0 saturated heterocycles. The van der Waals surface area contributed by atoms with E-state index in [4.69, 9.17) is 0 Å². The maximum absolute atomic E-state index is 12.5. The zero-order chi connectivity index (χ0) is 21.0. The van der Waals surface area contributed by atoms with Crippen LogP contribution in [0.5, 0.6) is 5.75 Å². The van der Waals surface area contributed by atoms with Crippen molar-refractivity contribution in [3.8, 4) is 5.75 Å². The lowest BCUT2D eigenvalue weighted by Gasteiger charge is -2.16. The smallest absolute Gasteiger partial charge is 0.387 e. The topological polar surface area (TPSA) is 81.4 Å². The van der Waals surface area contributed by atoms with E-state index in [1.807, 2.05) is 19.0 Å². The summed E-state index contributed by atoms with van der Waals surface area (Å²) in [6.45, 7) is -1.22. The highest BCUT2D eigenvalue weighted by Crippen LogP contribution is 2.17. The van der Waals surface area contributed by atoms with Crippen molar-refractivity contribution >= 4 is 5.91 Å². The molecule has 29 heavy (non-hydrogen) atoms.